The van der Waals surface area contributed by atoms with Gasteiger partial charge in [0.2, 0.25) is 0 Å². The maximum Gasteiger partial charge on any atom is 0.350 e. The molecule has 19 heavy (non-hydrogen) atoms. The van der Waals surface area contributed by atoms with E-state index in [1.165, 1.54) is 37.7 Å². The largest absolute Gasteiger partial charge is 0.492 e. The molecule has 0 aliphatic heterocycles. The molecule has 0 unspecified atom stereocenters. The van der Waals surface area contributed by atoms with Crippen molar-refractivity contribution >= 4 is 28.0 Å². The van der Waals surface area contributed by atoms with Crippen LogP contribution in [0.2, 0.25) is 0 Å². The number of methoxy groups -OCH3 is 2. The minimum absolute atomic E-state index is 0.343. The minimum Gasteiger partial charge on any atom is -0.492 e. The van der Waals surface area contributed by atoms with Crippen molar-refractivity contribution in [1.29, 1.82) is 0 Å². The molecule has 0 amide bonds. The summed E-state index contributed by atoms with van der Waals surface area (Å²) in [4.78, 5) is 11.9. The number of hydrogen-bond donors (Lipinski definition) is 2. The maximum atomic E-state index is 11.6. The number of nitrogens with two attached hydrogens (primary N) is 1. The Hall–Kier alpha value is -1.43. The Labute approximate surface area is 118 Å². The molecule has 0 fully saturated rings. The van der Waals surface area contributed by atoms with Gasteiger partial charge in [-0.05, 0) is 6.42 Å². The number of nitrogen functional groups attached to an aromatic ring is 1. The van der Waals surface area contributed by atoms with Crippen molar-refractivity contribution in [2.24, 2.45) is 0 Å². The first-order chi connectivity index (χ1) is 9.15. The fourth-order valence-corrected chi connectivity index (χ4v) is 2.78. The molecule has 1 aromatic rings. The summed E-state index contributed by atoms with van der Waals surface area (Å²) in [5, 5.41) is 4.06. The van der Waals surface area contributed by atoms with Gasteiger partial charge in [-0.25, -0.2) is 4.79 Å². The van der Waals surface area contributed by atoms with Crippen molar-refractivity contribution in [2.45, 2.75) is 32.6 Å². The second kappa shape index (κ2) is 7.89. The van der Waals surface area contributed by atoms with Crippen LogP contribution in [0.25, 0.3) is 0 Å². The first-order valence-corrected chi connectivity index (χ1v) is 7.25. The van der Waals surface area contributed by atoms with Crippen LogP contribution in [0, 0.1) is 0 Å². The number of carbonyl (C=O) groups excluding carboxylic acids is 1. The normalized spacial score (nSPS) is 10.3. The summed E-state index contributed by atoms with van der Waals surface area (Å²) >= 11 is 1.27. The first kappa shape index (κ1) is 15.6. The SMILES string of the molecule is CCCCCCNc1sc(C(=O)OC)c(N)c1OC. The molecule has 0 radical (unpaired) electrons. The first-order valence-electron chi connectivity index (χ1n) is 6.44. The van der Waals surface area contributed by atoms with Crippen molar-refractivity contribution in [1.82, 2.24) is 0 Å². The zero-order valence-electron chi connectivity index (χ0n) is 11.7. The number of esters is 1. The van der Waals surface area contributed by atoms with Crippen LogP contribution < -0.4 is 15.8 Å². The lowest BCUT2D eigenvalue weighted by molar-refractivity contribution is 0.0607. The standard InChI is InChI=1S/C13H22N2O3S/c1-4-5-6-7-8-15-12-10(17-2)9(14)11(19-12)13(16)18-3/h15H,4-8,14H2,1-3H3. The van der Waals surface area contributed by atoms with Crippen LogP contribution in [-0.2, 0) is 4.74 Å². The van der Waals surface area contributed by atoms with Gasteiger partial charge in [-0.15, -0.1) is 11.3 Å². The summed E-state index contributed by atoms with van der Waals surface area (Å²) in [6.07, 6.45) is 4.72. The molecular formula is C13H22N2O3S. The van der Waals surface area contributed by atoms with Crippen LogP contribution in [-0.4, -0.2) is 26.7 Å². The van der Waals surface area contributed by atoms with Crippen LogP contribution in [0.5, 0.6) is 5.75 Å². The summed E-state index contributed by atoms with van der Waals surface area (Å²) in [5.74, 6) is 0.0979. The van der Waals surface area contributed by atoms with E-state index in [4.69, 9.17) is 15.2 Å². The van der Waals surface area contributed by atoms with Crippen molar-refractivity contribution < 1.29 is 14.3 Å². The highest BCUT2D eigenvalue weighted by molar-refractivity contribution is 7.19. The third-order valence-corrected chi connectivity index (χ3v) is 3.91. The number of hydrogen-bond acceptors (Lipinski definition) is 6. The number of unbranched alkanes of at least 4 members (excludes halogenated alkanes) is 3. The molecule has 1 rings (SSSR count). The van der Waals surface area contributed by atoms with Crippen LogP contribution in [0.1, 0.15) is 42.3 Å². The Balaban J connectivity index is 2.69. The highest BCUT2D eigenvalue weighted by Crippen LogP contribution is 2.42. The third kappa shape index (κ3) is 4.02. The average Bonchev–Trinajstić information content (AvgIpc) is 2.74. The lowest BCUT2D eigenvalue weighted by Crippen LogP contribution is -2.02. The Bertz CT molecular complexity index is 418. The molecule has 0 atom stereocenters. The van der Waals surface area contributed by atoms with E-state index < -0.39 is 5.97 Å². The molecule has 0 aliphatic carbocycles. The van der Waals surface area contributed by atoms with Gasteiger partial charge >= 0.3 is 5.97 Å². The predicted octanol–water partition coefficient (Wildman–Crippen LogP) is 3.12. The number of carbonyl (C=O) groups is 1. The summed E-state index contributed by atoms with van der Waals surface area (Å²) in [7, 11) is 2.88. The Morgan fingerprint density at radius 2 is 2.05 bits per heavy atom. The van der Waals surface area contributed by atoms with Gasteiger partial charge in [-0.1, -0.05) is 26.2 Å². The average molecular weight is 286 g/mol. The van der Waals surface area contributed by atoms with Gasteiger partial charge in [0.1, 0.15) is 15.6 Å². The van der Waals surface area contributed by atoms with E-state index in [0.717, 1.165) is 18.0 Å². The fraction of sp³-hybridized carbons (Fsp3) is 0.615. The molecular weight excluding hydrogens is 264 g/mol. The lowest BCUT2D eigenvalue weighted by atomic mass is 10.2. The quantitative estimate of drug-likeness (QED) is 0.567. The number of thiophene rings is 1. The zero-order chi connectivity index (χ0) is 14.3. The van der Waals surface area contributed by atoms with Crippen LogP contribution in [0.4, 0.5) is 10.7 Å². The second-order valence-corrected chi connectivity index (χ2v) is 5.21. The van der Waals surface area contributed by atoms with Crippen LogP contribution in [0.3, 0.4) is 0 Å². The topological polar surface area (TPSA) is 73.6 Å². The van der Waals surface area contributed by atoms with Crippen molar-refractivity contribution in [3.8, 4) is 5.75 Å². The van der Waals surface area contributed by atoms with Gasteiger partial charge in [-0.2, -0.15) is 0 Å². The van der Waals surface area contributed by atoms with E-state index >= 15 is 0 Å². The Kier molecular flexibility index (Phi) is 6.49. The fourth-order valence-electron chi connectivity index (χ4n) is 1.75. The minimum atomic E-state index is -0.431. The second-order valence-electron chi connectivity index (χ2n) is 4.19. The highest BCUT2D eigenvalue weighted by Gasteiger charge is 2.22. The Morgan fingerprint density at radius 1 is 1.32 bits per heavy atom. The number of anilines is 2. The molecule has 0 bridgehead atoms. The molecule has 3 N–H and O–H groups in total. The van der Waals surface area contributed by atoms with Crippen molar-refractivity contribution in [3.63, 3.8) is 0 Å². The van der Waals surface area contributed by atoms with E-state index in [9.17, 15) is 4.79 Å². The number of ether oxygens (including phenoxy) is 2. The van der Waals surface area contributed by atoms with Gasteiger partial charge in [0.25, 0.3) is 0 Å². The molecule has 108 valence electrons. The highest BCUT2D eigenvalue weighted by atomic mass is 32.1. The summed E-state index contributed by atoms with van der Waals surface area (Å²) in [5.41, 5.74) is 6.23. The van der Waals surface area contributed by atoms with Gasteiger partial charge in [0.15, 0.2) is 5.75 Å². The summed E-state index contributed by atoms with van der Waals surface area (Å²) in [6, 6.07) is 0. The molecule has 0 aliphatic rings. The van der Waals surface area contributed by atoms with Crippen LogP contribution >= 0.6 is 11.3 Å². The van der Waals surface area contributed by atoms with E-state index in [2.05, 4.69) is 12.2 Å². The van der Waals surface area contributed by atoms with E-state index in [1.54, 1.807) is 7.11 Å². The van der Waals surface area contributed by atoms with Gasteiger partial charge < -0.3 is 20.5 Å². The molecule has 1 aromatic heterocycles. The van der Waals surface area contributed by atoms with Gasteiger partial charge in [-0.3, -0.25) is 0 Å². The molecule has 0 aromatic carbocycles. The van der Waals surface area contributed by atoms with Gasteiger partial charge in [0, 0.05) is 6.54 Å². The monoisotopic (exact) mass is 286 g/mol. The van der Waals surface area contributed by atoms with Crippen molar-refractivity contribution in [2.75, 3.05) is 31.8 Å². The Morgan fingerprint density at radius 3 is 2.63 bits per heavy atom. The molecule has 1 heterocycles. The molecule has 0 saturated carbocycles. The third-order valence-electron chi connectivity index (χ3n) is 2.79. The van der Waals surface area contributed by atoms with E-state index in [0.29, 0.717) is 16.3 Å². The summed E-state index contributed by atoms with van der Waals surface area (Å²) < 4.78 is 9.94. The number of rotatable bonds is 8. The van der Waals surface area contributed by atoms with Crippen molar-refractivity contribution in [3.05, 3.63) is 4.88 Å². The maximum absolute atomic E-state index is 11.6. The molecule has 5 nitrogen and oxygen atoms in total. The lowest BCUT2D eigenvalue weighted by Gasteiger charge is -2.06. The molecule has 6 heteroatoms. The smallest absolute Gasteiger partial charge is 0.350 e. The summed E-state index contributed by atoms with van der Waals surface area (Å²) in [6.45, 7) is 3.02. The zero-order valence-corrected chi connectivity index (χ0v) is 12.6. The van der Waals surface area contributed by atoms with E-state index in [-0.39, 0.29) is 0 Å². The van der Waals surface area contributed by atoms with Crippen LogP contribution in [0.15, 0.2) is 0 Å². The predicted molar refractivity (Wildman–Crippen MR) is 79.3 cm³/mol. The molecule has 0 spiro atoms. The van der Waals surface area contributed by atoms with E-state index in [1.807, 2.05) is 0 Å². The molecule has 0 saturated heterocycles. The van der Waals surface area contributed by atoms with Gasteiger partial charge in [0.05, 0.1) is 14.2 Å². The number of nitrogens with one attached hydrogen (secondary N) is 1.